The fourth-order valence-corrected chi connectivity index (χ4v) is 3.04. The third-order valence-corrected chi connectivity index (χ3v) is 4.22. The number of hydrogen-bond donors (Lipinski definition) is 0. The van der Waals surface area contributed by atoms with Gasteiger partial charge < -0.3 is 9.05 Å². The van der Waals surface area contributed by atoms with Crippen LogP contribution in [0.15, 0.2) is 24.3 Å². The predicted molar refractivity (Wildman–Crippen MR) is 66.6 cm³/mol. The molecule has 6 heteroatoms. The molecular weight excluding hydrogens is 263 g/mol. The second-order valence-corrected chi connectivity index (χ2v) is 5.44. The highest BCUT2D eigenvalue weighted by Gasteiger charge is 2.36. The lowest BCUT2D eigenvalue weighted by atomic mass is 10.2. The van der Waals surface area contributed by atoms with Crippen molar-refractivity contribution in [2.75, 3.05) is 13.2 Å². The van der Waals surface area contributed by atoms with E-state index in [1.807, 2.05) is 0 Å². The zero-order valence-corrected chi connectivity index (χ0v) is 11.3. The molecule has 0 saturated heterocycles. The summed E-state index contributed by atoms with van der Waals surface area (Å²) in [6.07, 6.45) is 0. The van der Waals surface area contributed by atoms with Crippen LogP contribution < -0.4 is 0 Å². The van der Waals surface area contributed by atoms with Gasteiger partial charge in [-0.3, -0.25) is 9.36 Å². The van der Waals surface area contributed by atoms with E-state index in [0.717, 1.165) is 0 Å². The lowest BCUT2D eigenvalue weighted by molar-refractivity contribution is 0.100. The monoisotopic (exact) mass is 276 g/mol. The fourth-order valence-electron chi connectivity index (χ4n) is 1.28. The Morgan fingerprint density at radius 2 is 1.76 bits per heavy atom. The highest BCUT2D eigenvalue weighted by Crippen LogP contribution is 2.51. The Morgan fingerprint density at radius 3 is 2.24 bits per heavy atom. The lowest BCUT2D eigenvalue weighted by Gasteiger charge is -2.15. The third-order valence-electron chi connectivity index (χ3n) is 1.95. The van der Waals surface area contributed by atoms with Crippen molar-refractivity contribution in [2.24, 2.45) is 0 Å². The second-order valence-electron chi connectivity index (χ2n) is 3.12. The maximum Gasteiger partial charge on any atom is 0.401 e. The first-order chi connectivity index (χ1) is 8.05. The van der Waals surface area contributed by atoms with Gasteiger partial charge in [0.15, 0.2) is 0 Å². The van der Waals surface area contributed by atoms with Gasteiger partial charge in [-0.1, -0.05) is 23.7 Å². The van der Waals surface area contributed by atoms with Gasteiger partial charge in [0.05, 0.1) is 18.2 Å². The number of halogens is 1. The molecule has 0 N–H and O–H groups in total. The van der Waals surface area contributed by atoms with E-state index in [1.54, 1.807) is 32.0 Å². The second kappa shape index (κ2) is 6.31. The molecule has 0 atom stereocenters. The van der Waals surface area contributed by atoms with Crippen molar-refractivity contribution in [3.05, 3.63) is 34.9 Å². The molecule has 17 heavy (non-hydrogen) atoms. The van der Waals surface area contributed by atoms with Gasteiger partial charge in [-0.25, -0.2) is 0 Å². The van der Waals surface area contributed by atoms with Crippen molar-refractivity contribution in [3.63, 3.8) is 0 Å². The average Bonchev–Trinajstić information content (AvgIpc) is 2.29. The quantitative estimate of drug-likeness (QED) is 0.743. The van der Waals surface area contributed by atoms with Crippen LogP contribution in [0, 0.1) is 0 Å². The summed E-state index contributed by atoms with van der Waals surface area (Å²) in [5, 5.41) is 0.233. The van der Waals surface area contributed by atoms with Crippen molar-refractivity contribution in [1.82, 2.24) is 0 Å². The molecule has 0 bridgehead atoms. The molecule has 0 unspecified atom stereocenters. The van der Waals surface area contributed by atoms with Gasteiger partial charge in [0.25, 0.3) is 5.52 Å². The summed E-state index contributed by atoms with van der Waals surface area (Å²) in [5.74, 6) is 0. The molecule has 4 nitrogen and oxygen atoms in total. The van der Waals surface area contributed by atoms with Crippen LogP contribution in [0.25, 0.3) is 0 Å². The molecule has 0 aromatic heterocycles. The van der Waals surface area contributed by atoms with Gasteiger partial charge in [0, 0.05) is 5.56 Å². The van der Waals surface area contributed by atoms with Crippen LogP contribution >= 0.6 is 19.2 Å². The van der Waals surface area contributed by atoms with E-state index in [-0.39, 0.29) is 23.8 Å². The summed E-state index contributed by atoms with van der Waals surface area (Å²) in [5.41, 5.74) is -0.550. The van der Waals surface area contributed by atoms with Gasteiger partial charge in [-0.05, 0) is 26.0 Å². The summed E-state index contributed by atoms with van der Waals surface area (Å²) >= 11 is 5.87. The van der Waals surface area contributed by atoms with E-state index in [0.29, 0.717) is 0 Å². The molecule has 0 radical (unpaired) electrons. The van der Waals surface area contributed by atoms with Gasteiger partial charge >= 0.3 is 7.60 Å². The van der Waals surface area contributed by atoms with Crippen LogP contribution in [-0.2, 0) is 13.6 Å². The highest BCUT2D eigenvalue weighted by atomic mass is 35.5. The number of rotatable bonds is 6. The minimum Gasteiger partial charge on any atom is -0.303 e. The topological polar surface area (TPSA) is 52.6 Å². The standard InChI is InChI=1S/C11H14ClO4P/c1-3-15-17(14,16-4-2)11(13)9-7-5-6-8-10(9)12/h5-8H,3-4H2,1-2H3. The fraction of sp³-hybridized carbons (Fsp3) is 0.364. The number of benzene rings is 1. The van der Waals surface area contributed by atoms with Crippen molar-refractivity contribution in [2.45, 2.75) is 13.8 Å². The predicted octanol–water partition coefficient (Wildman–Crippen LogP) is 3.75. The third kappa shape index (κ3) is 3.39. The zero-order chi connectivity index (χ0) is 12.9. The maximum atomic E-state index is 12.2. The SMILES string of the molecule is CCOP(=O)(OCC)C(=O)c1ccccc1Cl. The summed E-state index contributed by atoms with van der Waals surface area (Å²) in [4.78, 5) is 12.1. The van der Waals surface area contributed by atoms with E-state index >= 15 is 0 Å². The summed E-state index contributed by atoms with van der Waals surface area (Å²) in [7, 11) is -3.78. The van der Waals surface area contributed by atoms with Gasteiger partial charge in [-0.15, -0.1) is 0 Å². The van der Waals surface area contributed by atoms with Crippen LogP contribution in [0.3, 0.4) is 0 Å². The summed E-state index contributed by atoms with van der Waals surface area (Å²) < 4.78 is 22.1. The molecule has 1 aromatic rings. The van der Waals surface area contributed by atoms with E-state index in [1.165, 1.54) is 6.07 Å². The first-order valence-electron chi connectivity index (χ1n) is 5.23. The van der Waals surface area contributed by atoms with Gasteiger partial charge in [0.1, 0.15) is 0 Å². The Morgan fingerprint density at radius 1 is 1.24 bits per heavy atom. The van der Waals surface area contributed by atoms with E-state index in [9.17, 15) is 9.36 Å². The molecule has 0 saturated carbocycles. The lowest BCUT2D eigenvalue weighted by Crippen LogP contribution is -2.08. The van der Waals surface area contributed by atoms with E-state index < -0.39 is 13.1 Å². The molecule has 0 fully saturated rings. The van der Waals surface area contributed by atoms with Crippen molar-refractivity contribution < 1.29 is 18.4 Å². The molecule has 0 spiro atoms. The Balaban J connectivity index is 3.09. The molecule has 0 aliphatic rings. The molecular formula is C11H14ClO4P. The number of carbonyl (C=O) groups is 1. The van der Waals surface area contributed by atoms with Crippen LogP contribution in [0.1, 0.15) is 24.2 Å². The Bertz CT molecular complexity index is 437. The Kier molecular flexibility index (Phi) is 5.34. The summed E-state index contributed by atoms with van der Waals surface area (Å²) in [6, 6.07) is 6.37. The molecule has 94 valence electrons. The molecule has 0 heterocycles. The largest absolute Gasteiger partial charge is 0.401 e. The Hall–Kier alpha value is -0.670. The van der Waals surface area contributed by atoms with Crippen LogP contribution in [0.5, 0.6) is 0 Å². The van der Waals surface area contributed by atoms with Crippen molar-refractivity contribution >= 4 is 24.7 Å². The highest BCUT2D eigenvalue weighted by molar-refractivity contribution is 7.72. The van der Waals surface area contributed by atoms with Crippen LogP contribution in [0.4, 0.5) is 0 Å². The normalized spacial score (nSPS) is 11.5. The van der Waals surface area contributed by atoms with Crippen molar-refractivity contribution in [3.8, 4) is 0 Å². The molecule has 1 aromatic carbocycles. The van der Waals surface area contributed by atoms with E-state index in [2.05, 4.69) is 0 Å². The minimum atomic E-state index is -3.78. The molecule has 0 aliphatic heterocycles. The van der Waals surface area contributed by atoms with Gasteiger partial charge in [-0.2, -0.15) is 0 Å². The molecule has 0 aliphatic carbocycles. The first kappa shape index (κ1) is 14.4. The molecule has 1 rings (SSSR count). The maximum absolute atomic E-state index is 12.2. The number of hydrogen-bond acceptors (Lipinski definition) is 4. The van der Waals surface area contributed by atoms with Gasteiger partial charge in [0.2, 0.25) is 0 Å². The first-order valence-corrected chi connectivity index (χ1v) is 7.15. The van der Waals surface area contributed by atoms with Crippen LogP contribution in [-0.4, -0.2) is 18.7 Å². The summed E-state index contributed by atoms with van der Waals surface area (Å²) in [6.45, 7) is 3.55. The smallest absolute Gasteiger partial charge is 0.303 e. The van der Waals surface area contributed by atoms with E-state index in [4.69, 9.17) is 20.6 Å². The Labute approximate surface area is 105 Å². The van der Waals surface area contributed by atoms with Crippen LogP contribution in [0.2, 0.25) is 5.02 Å². The molecule has 0 amide bonds. The average molecular weight is 277 g/mol. The number of carbonyl (C=O) groups excluding carboxylic acids is 1. The zero-order valence-electron chi connectivity index (χ0n) is 9.68. The van der Waals surface area contributed by atoms with Crippen molar-refractivity contribution in [1.29, 1.82) is 0 Å². The minimum absolute atomic E-state index is 0.132.